The zero-order valence-corrected chi connectivity index (χ0v) is 17.7. The summed E-state index contributed by atoms with van der Waals surface area (Å²) in [6.07, 6.45) is -0.955. The van der Waals surface area contributed by atoms with Gasteiger partial charge < -0.3 is 25.2 Å². The van der Waals surface area contributed by atoms with E-state index < -0.39 is 41.9 Å². The minimum Gasteiger partial charge on any atom is -0.480 e. The number of rotatable bonds is 11. The number of carbonyl (C=O) groups is 4. The Morgan fingerprint density at radius 3 is 2.13 bits per heavy atom. The van der Waals surface area contributed by atoms with Crippen LogP contribution in [-0.4, -0.2) is 47.7 Å². The lowest BCUT2D eigenvalue weighted by molar-refractivity contribution is -0.147. The van der Waals surface area contributed by atoms with Crippen LogP contribution < -0.4 is 10.6 Å². The molecular formula is C21H30N2O7. The maximum atomic E-state index is 12.7. The Balaban J connectivity index is 2.72. The average Bonchev–Trinajstić information content (AvgIpc) is 2.68. The Hall–Kier alpha value is -3.10. The molecule has 0 spiro atoms. The van der Waals surface area contributed by atoms with E-state index in [1.807, 2.05) is 18.2 Å². The lowest BCUT2D eigenvalue weighted by Crippen LogP contribution is -2.55. The number of carboxylic acid groups (broad SMARTS) is 1. The summed E-state index contributed by atoms with van der Waals surface area (Å²) < 4.78 is 9.96. The number of hydrogen-bond donors (Lipinski definition) is 3. The van der Waals surface area contributed by atoms with Crippen LogP contribution in [0, 0.1) is 11.8 Å². The van der Waals surface area contributed by atoms with Gasteiger partial charge in [0.15, 0.2) is 0 Å². The summed E-state index contributed by atoms with van der Waals surface area (Å²) in [6.45, 7) is 6.81. The Morgan fingerprint density at radius 1 is 0.967 bits per heavy atom. The SMILES string of the molecule is CCOC(=O)C[C@@H](C)[C@H](NC(=O)[C@H](NC(=O)OCc1ccccc1)C(C)C)C(=O)O. The van der Waals surface area contributed by atoms with Gasteiger partial charge in [-0.15, -0.1) is 0 Å². The van der Waals surface area contributed by atoms with Crippen LogP contribution >= 0.6 is 0 Å². The lowest BCUT2D eigenvalue weighted by Gasteiger charge is -2.26. The first-order valence-corrected chi connectivity index (χ1v) is 9.81. The first kappa shape index (κ1) is 24.9. The number of esters is 1. The van der Waals surface area contributed by atoms with Crippen LogP contribution in [-0.2, 0) is 30.5 Å². The molecule has 2 amide bonds. The molecule has 1 aromatic carbocycles. The molecule has 3 N–H and O–H groups in total. The highest BCUT2D eigenvalue weighted by Crippen LogP contribution is 2.12. The van der Waals surface area contributed by atoms with E-state index in [4.69, 9.17) is 9.47 Å². The highest BCUT2D eigenvalue weighted by Gasteiger charge is 2.33. The van der Waals surface area contributed by atoms with E-state index in [1.165, 1.54) is 6.92 Å². The molecule has 0 heterocycles. The predicted molar refractivity (Wildman–Crippen MR) is 108 cm³/mol. The van der Waals surface area contributed by atoms with Gasteiger partial charge in [-0.3, -0.25) is 9.59 Å². The minimum atomic E-state index is -1.31. The standard InChI is InChI=1S/C21H30N2O7/c1-5-29-16(24)11-14(4)18(20(26)27)22-19(25)17(13(2)3)23-21(28)30-12-15-9-7-6-8-10-15/h6-10,13-14,17-18H,5,11-12H2,1-4H3,(H,22,25)(H,23,28)(H,26,27)/t14-,17-,18+/m1/s1. The Morgan fingerprint density at radius 2 is 1.60 bits per heavy atom. The summed E-state index contributed by atoms with van der Waals surface area (Å²) in [5.41, 5.74) is 0.789. The monoisotopic (exact) mass is 422 g/mol. The normalized spacial score (nSPS) is 13.6. The number of carbonyl (C=O) groups excluding carboxylic acids is 3. The largest absolute Gasteiger partial charge is 0.480 e. The van der Waals surface area contributed by atoms with Crippen molar-refractivity contribution in [3.8, 4) is 0 Å². The molecule has 0 fully saturated rings. The van der Waals surface area contributed by atoms with Crippen LogP contribution in [0.1, 0.15) is 39.7 Å². The van der Waals surface area contributed by atoms with Gasteiger partial charge in [0.25, 0.3) is 0 Å². The molecule has 0 saturated heterocycles. The molecule has 0 radical (unpaired) electrons. The van der Waals surface area contributed by atoms with Crippen molar-refractivity contribution in [3.05, 3.63) is 35.9 Å². The van der Waals surface area contributed by atoms with Gasteiger partial charge in [0.05, 0.1) is 13.0 Å². The van der Waals surface area contributed by atoms with Gasteiger partial charge in [-0.2, -0.15) is 0 Å². The number of amides is 2. The van der Waals surface area contributed by atoms with Gasteiger partial charge in [-0.05, 0) is 24.3 Å². The summed E-state index contributed by atoms with van der Waals surface area (Å²) in [7, 11) is 0. The van der Waals surface area contributed by atoms with Crippen LogP contribution in [0.3, 0.4) is 0 Å². The second-order valence-electron chi connectivity index (χ2n) is 7.24. The zero-order chi connectivity index (χ0) is 22.7. The number of alkyl carbamates (subject to hydrolysis) is 1. The minimum absolute atomic E-state index is 0.0352. The van der Waals surface area contributed by atoms with Crippen molar-refractivity contribution < 1.29 is 33.8 Å². The number of carboxylic acids is 1. The first-order valence-electron chi connectivity index (χ1n) is 9.81. The van der Waals surface area contributed by atoms with Gasteiger partial charge in [-0.25, -0.2) is 9.59 Å². The van der Waals surface area contributed by atoms with E-state index in [1.54, 1.807) is 32.9 Å². The fourth-order valence-electron chi connectivity index (χ4n) is 2.72. The average molecular weight is 422 g/mol. The molecule has 9 heteroatoms. The molecule has 0 bridgehead atoms. The molecule has 0 aliphatic rings. The van der Waals surface area contributed by atoms with Gasteiger partial charge in [0.2, 0.25) is 5.91 Å². The van der Waals surface area contributed by atoms with Crippen molar-refractivity contribution in [3.63, 3.8) is 0 Å². The summed E-state index contributed by atoms with van der Waals surface area (Å²) in [6, 6.07) is 6.72. The van der Waals surface area contributed by atoms with Crippen molar-refractivity contribution in [1.82, 2.24) is 10.6 Å². The quantitative estimate of drug-likeness (QED) is 0.465. The van der Waals surface area contributed by atoms with Gasteiger partial charge in [0, 0.05) is 0 Å². The molecule has 0 aliphatic heterocycles. The van der Waals surface area contributed by atoms with E-state index in [9.17, 15) is 24.3 Å². The van der Waals surface area contributed by atoms with Crippen LogP contribution in [0.4, 0.5) is 4.79 Å². The number of hydrogen-bond acceptors (Lipinski definition) is 6. The van der Waals surface area contributed by atoms with Crippen molar-refractivity contribution in [1.29, 1.82) is 0 Å². The number of benzene rings is 1. The van der Waals surface area contributed by atoms with Crippen LogP contribution in [0.5, 0.6) is 0 Å². The van der Waals surface area contributed by atoms with Crippen molar-refractivity contribution in [2.45, 2.75) is 52.8 Å². The maximum absolute atomic E-state index is 12.7. The highest BCUT2D eigenvalue weighted by atomic mass is 16.5. The third-order valence-corrected chi connectivity index (χ3v) is 4.36. The molecule has 3 atom stereocenters. The van der Waals surface area contributed by atoms with Crippen LogP contribution in [0.2, 0.25) is 0 Å². The van der Waals surface area contributed by atoms with Gasteiger partial charge in [-0.1, -0.05) is 51.1 Å². The Bertz CT molecular complexity index is 721. The number of aliphatic carboxylic acids is 1. The number of nitrogens with one attached hydrogen (secondary N) is 2. The zero-order valence-electron chi connectivity index (χ0n) is 17.7. The predicted octanol–water partition coefficient (Wildman–Crippen LogP) is 2.10. The van der Waals surface area contributed by atoms with Crippen LogP contribution in [0.25, 0.3) is 0 Å². The molecule has 0 saturated carbocycles. The van der Waals surface area contributed by atoms with Gasteiger partial charge >= 0.3 is 18.0 Å². The fourth-order valence-corrected chi connectivity index (χ4v) is 2.72. The Kier molecular flexibility index (Phi) is 10.4. The third-order valence-electron chi connectivity index (χ3n) is 4.36. The van der Waals surface area contributed by atoms with E-state index in [0.717, 1.165) is 5.56 Å². The summed E-state index contributed by atoms with van der Waals surface area (Å²) in [5, 5.41) is 14.3. The van der Waals surface area contributed by atoms with Crippen molar-refractivity contribution in [2.75, 3.05) is 6.61 Å². The fraction of sp³-hybridized carbons (Fsp3) is 0.524. The van der Waals surface area contributed by atoms with E-state index in [2.05, 4.69) is 10.6 Å². The summed E-state index contributed by atoms with van der Waals surface area (Å²) in [5.74, 6) is -3.54. The molecule has 0 aromatic heterocycles. The molecule has 0 unspecified atom stereocenters. The summed E-state index contributed by atoms with van der Waals surface area (Å²) >= 11 is 0. The van der Waals surface area contributed by atoms with E-state index in [-0.39, 0.29) is 25.6 Å². The molecule has 1 rings (SSSR count). The van der Waals surface area contributed by atoms with Crippen molar-refractivity contribution in [2.24, 2.45) is 11.8 Å². The number of ether oxygens (including phenoxy) is 2. The molecular weight excluding hydrogens is 392 g/mol. The second-order valence-corrected chi connectivity index (χ2v) is 7.24. The highest BCUT2D eigenvalue weighted by molar-refractivity contribution is 5.89. The van der Waals surface area contributed by atoms with E-state index >= 15 is 0 Å². The smallest absolute Gasteiger partial charge is 0.408 e. The van der Waals surface area contributed by atoms with E-state index in [0.29, 0.717) is 0 Å². The van der Waals surface area contributed by atoms with Gasteiger partial charge in [0.1, 0.15) is 18.7 Å². The third kappa shape index (κ3) is 8.50. The Labute approximate surface area is 176 Å². The van der Waals surface area contributed by atoms with Crippen LogP contribution in [0.15, 0.2) is 30.3 Å². The molecule has 1 aromatic rings. The lowest BCUT2D eigenvalue weighted by atomic mass is 9.96. The topological polar surface area (TPSA) is 131 Å². The molecule has 30 heavy (non-hydrogen) atoms. The second kappa shape index (κ2) is 12.5. The molecule has 166 valence electrons. The molecule has 0 aliphatic carbocycles. The summed E-state index contributed by atoms with van der Waals surface area (Å²) in [4.78, 5) is 48.0. The maximum Gasteiger partial charge on any atom is 0.408 e. The first-order chi connectivity index (χ1) is 14.1. The van der Waals surface area contributed by atoms with Crippen molar-refractivity contribution >= 4 is 23.9 Å². The molecule has 9 nitrogen and oxygen atoms in total.